The highest BCUT2D eigenvalue weighted by molar-refractivity contribution is 6.02. The minimum absolute atomic E-state index is 0.167. The molecule has 2 aromatic heterocycles. The molecule has 0 spiro atoms. The number of hydrogen-bond acceptors (Lipinski definition) is 4. The first-order valence-electron chi connectivity index (χ1n) is 6.65. The van der Waals surface area contributed by atoms with Crippen molar-refractivity contribution in [2.24, 2.45) is 0 Å². The van der Waals surface area contributed by atoms with Crippen LogP contribution in [-0.4, -0.2) is 10.9 Å². The van der Waals surface area contributed by atoms with Gasteiger partial charge in [0, 0.05) is 0 Å². The van der Waals surface area contributed by atoms with Crippen molar-refractivity contribution >= 4 is 23.1 Å². The van der Waals surface area contributed by atoms with Crippen molar-refractivity contribution in [2.45, 2.75) is 0 Å². The zero-order valence-corrected chi connectivity index (χ0v) is 11.7. The zero-order chi connectivity index (χ0) is 16.2. The molecule has 3 aromatic rings. The molecule has 0 aliphatic rings. The second-order valence-electron chi connectivity index (χ2n) is 4.59. The van der Waals surface area contributed by atoms with E-state index in [1.54, 1.807) is 12.1 Å². The van der Waals surface area contributed by atoms with E-state index in [1.165, 1.54) is 30.7 Å². The number of carbonyl (C=O) groups is 1. The smallest absolute Gasteiger partial charge is 0.291 e. The summed E-state index contributed by atoms with van der Waals surface area (Å²) in [6.07, 6.45) is 2.76. The van der Waals surface area contributed by atoms with E-state index in [2.05, 4.69) is 15.6 Å². The quantitative estimate of drug-likeness (QED) is 0.765. The Balaban J connectivity index is 1.71. The monoisotopic (exact) mass is 315 g/mol. The number of pyridine rings is 1. The van der Waals surface area contributed by atoms with Gasteiger partial charge >= 0.3 is 0 Å². The molecule has 0 aliphatic carbocycles. The maximum absolute atomic E-state index is 13.5. The van der Waals surface area contributed by atoms with E-state index in [0.717, 1.165) is 12.1 Å². The fourth-order valence-corrected chi connectivity index (χ4v) is 1.89. The third-order valence-corrected chi connectivity index (χ3v) is 2.98. The van der Waals surface area contributed by atoms with Gasteiger partial charge in [-0.1, -0.05) is 6.07 Å². The Hall–Kier alpha value is -3.22. The van der Waals surface area contributed by atoms with Crippen molar-refractivity contribution < 1.29 is 18.0 Å². The van der Waals surface area contributed by atoms with Crippen molar-refractivity contribution in [1.29, 1.82) is 0 Å². The molecule has 5 nitrogen and oxygen atoms in total. The van der Waals surface area contributed by atoms with E-state index in [0.29, 0.717) is 5.69 Å². The highest BCUT2D eigenvalue weighted by Crippen LogP contribution is 2.22. The van der Waals surface area contributed by atoms with Crippen molar-refractivity contribution in [2.75, 3.05) is 10.6 Å². The average Bonchev–Trinajstić information content (AvgIpc) is 3.07. The van der Waals surface area contributed by atoms with Gasteiger partial charge in [-0.05, 0) is 36.4 Å². The molecule has 2 N–H and O–H groups in total. The van der Waals surface area contributed by atoms with Crippen LogP contribution < -0.4 is 10.6 Å². The summed E-state index contributed by atoms with van der Waals surface area (Å²) in [5, 5.41) is 5.14. The minimum Gasteiger partial charge on any atom is -0.459 e. The normalized spacial score (nSPS) is 10.3. The predicted octanol–water partition coefficient (Wildman–Crippen LogP) is 3.95. The highest BCUT2D eigenvalue weighted by atomic mass is 19.1. The van der Waals surface area contributed by atoms with Gasteiger partial charge in [-0.2, -0.15) is 0 Å². The first kappa shape index (κ1) is 14.7. The number of carbonyl (C=O) groups excluding carboxylic acids is 1. The fourth-order valence-electron chi connectivity index (χ4n) is 1.89. The van der Waals surface area contributed by atoms with Crippen molar-refractivity contribution in [3.63, 3.8) is 0 Å². The Kier molecular flexibility index (Phi) is 4.01. The second kappa shape index (κ2) is 6.27. The van der Waals surface area contributed by atoms with Gasteiger partial charge in [0.05, 0.1) is 18.1 Å². The van der Waals surface area contributed by atoms with E-state index in [9.17, 15) is 13.6 Å². The van der Waals surface area contributed by atoms with Gasteiger partial charge in [0.25, 0.3) is 5.91 Å². The molecule has 3 rings (SSSR count). The van der Waals surface area contributed by atoms with Gasteiger partial charge in [-0.25, -0.2) is 13.8 Å². The first-order chi connectivity index (χ1) is 11.1. The van der Waals surface area contributed by atoms with E-state index in [1.807, 2.05) is 0 Å². The van der Waals surface area contributed by atoms with Crippen LogP contribution in [-0.2, 0) is 0 Å². The summed E-state index contributed by atoms with van der Waals surface area (Å²) in [6, 6.07) is 9.73. The molecule has 2 heterocycles. The zero-order valence-electron chi connectivity index (χ0n) is 11.7. The molecule has 0 saturated carbocycles. The number of nitrogens with zero attached hydrogens (tertiary/aromatic N) is 1. The topological polar surface area (TPSA) is 67.2 Å². The maximum Gasteiger partial charge on any atom is 0.291 e. The SMILES string of the molecule is O=C(Nc1ccc(Nc2c(F)cccc2F)nc1)c1ccco1. The van der Waals surface area contributed by atoms with E-state index in [-0.39, 0.29) is 17.3 Å². The lowest BCUT2D eigenvalue weighted by atomic mass is 10.3. The summed E-state index contributed by atoms with van der Waals surface area (Å²) >= 11 is 0. The van der Waals surface area contributed by atoms with Gasteiger partial charge in [-0.3, -0.25) is 4.79 Å². The average molecular weight is 315 g/mol. The van der Waals surface area contributed by atoms with Gasteiger partial charge < -0.3 is 15.1 Å². The molecule has 0 bridgehead atoms. The molecule has 7 heteroatoms. The fraction of sp³-hybridized carbons (Fsp3) is 0. The molecule has 1 amide bonds. The number of hydrogen-bond donors (Lipinski definition) is 2. The van der Waals surface area contributed by atoms with Crippen LogP contribution in [0.4, 0.5) is 26.0 Å². The van der Waals surface area contributed by atoms with Gasteiger partial charge in [-0.15, -0.1) is 0 Å². The number of anilines is 3. The van der Waals surface area contributed by atoms with Crippen LogP contribution in [0.3, 0.4) is 0 Å². The van der Waals surface area contributed by atoms with Gasteiger partial charge in [0.15, 0.2) is 5.76 Å². The minimum atomic E-state index is -0.720. The van der Waals surface area contributed by atoms with Crippen LogP contribution in [0, 0.1) is 11.6 Å². The summed E-state index contributed by atoms with van der Waals surface area (Å²) in [5.41, 5.74) is 0.137. The van der Waals surface area contributed by atoms with E-state index in [4.69, 9.17) is 4.42 Å². The van der Waals surface area contributed by atoms with Crippen molar-refractivity contribution in [1.82, 2.24) is 4.98 Å². The molecule has 116 valence electrons. The summed E-state index contributed by atoms with van der Waals surface area (Å²) in [4.78, 5) is 15.8. The third-order valence-electron chi connectivity index (χ3n) is 2.98. The van der Waals surface area contributed by atoms with Crippen LogP contribution in [0.5, 0.6) is 0 Å². The lowest BCUT2D eigenvalue weighted by Crippen LogP contribution is -2.11. The molecule has 0 radical (unpaired) electrons. The Bertz CT molecular complexity index is 798. The summed E-state index contributed by atoms with van der Waals surface area (Å²) in [5.74, 6) is -1.45. The molecule has 0 atom stereocenters. The van der Waals surface area contributed by atoms with Crippen LogP contribution in [0.15, 0.2) is 59.3 Å². The summed E-state index contributed by atoms with van der Waals surface area (Å²) in [7, 11) is 0. The van der Waals surface area contributed by atoms with Crippen LogP contribution in [0.2, 0.25) is 0 Å². The third kappa shape index (κ3) is 3.34. The van der Waals surface area contributed by atoms with E-state index >= 15 is 0 Å². The lowest BCUT2D eigenvalue weighted by Gasteiger charge is -2.08. The lowest BCUT2D eigenvalue weighted by molar-refractivity contribution is 0.0996. The van der Waals surface area contributed by atoms with Crippen molar-refractivity contribution in [3.8, 4) is 0 Å². The Morgan fingerprint density at radius 1 is 1.04 bits per heavy atom. The molecular weight excluding hydrogens is 304 g/mol. The summed E-state index contributed by atoms with van der Waals surface area (Å²) < 4.78 is 32.1. The molecule has 0 aliphatic heterocycles. The number of furan rings is 1. The Labute approximate surface area is 130 Å². The number of benzene rings is 1. The molecule has 23 heavy (non-hydrogen) atoms. The molecule has 0 saturated heterocycles. The largest absolute Gasteiger partial charge is 0.459 e. The number of halogens is 2. The molecule has 1 aromatic carbocycles. The van der Waals surface area contributed by atoms with Gasteiger partial charge in [0.2, 0.25) is 0 Å². The number of para-hydroxylation sites is 1. The summed E-state index contributed by atoms with van der Waals surface area (Å²) in [6.45, 7) is 0. The molecule has 0 fully saturated rings. The maximum atomic E-state index is 13.5. The van der Waals surface area contributed by atoms with Crippen LogP contribution >= 0.6 is 0 Å². The highest BCUT2D eigenvalue weighted by Gasteiger charge is 2.11. The Morgan fingerprint density at radius 3 is 2.43 bits per heavy atom. The standard InChI is InChI=1S/C16H11F2N3O2/c17-11-3-1-4-12(18)15(11)21-14-7-6-10(9-19-14)20-16(22)13-5-2-8-23-13/h1-9H,(H,19,21)(H,20,22). The van der Waals surface area contributed by atoms with E-state index < -0.39 is 17.5 Å². The van der Waals surface area contributed by atoms with Gasteiger partial charge in [0.1, 0.15) is 23.1 Å². The van der Waals surface area contributed by atoms with Crippen molar-refractivity contribution in [3.05, 3.63) is 72.3 Å². The predicted molar refractivity (Wildman–Crippen MR) is 80.5 cm³/mol. The van der Waals surface area contributed by atoms with Crippen LogP contribution in [0.25, 0.3) is 0 Å². The number of amides is 1. The van der Waals surface area contributed by atoms with Crippen LogP contribution in [0.1, 0.15) is 10.6 Å². The number of aromatic nitrogens is 1. The molecule has 0 unspecified atom stereocenters. The number of rotatable bonds is 4. The Morgan fingerprint density at radius 2 is 1.83 bits per heavy atom. The first-order valence-corrected chi connectivity index (χ1v) is 6.65. The second-order valence-corrected chi connectivity index (χ2v) is 4.59. The molecular formula is C16H11F2N3O2. The number of nitrogens with one attached hydrogen (secondary N) is 2.